The third-order valence-electron chi connectivity index (χ3n) is 4.13. The van der Waals surface area contributed by atoms with Crippen molar-refractivity contribution in [1.82, 2.24) is 10.3 Å². The lowest BCUT2D eigenvalue weighted by atomic mass is 10.1. The fourth-order valence-electron chi connectivity index (χ4n) is 2.60. The van der Waals surface area contributed by atoms with Crippen molar-refractivity contribution in [3.05, 3.63) is 95.3 Å². The Morgan fingerprint density at radius 1 is 0.897 bits per heavy atom. The van der Waals surface area contributed by atoms with E-state index in [0.717, 1.165) is 5.56 Å². The number of pyridine rings is 1. The molecule has 0 fully saturated rings. The van der Waals surface area contributed by atoms with E-state index in [4.69, 9.17) is 0 Å². The number of carbonyl (C=O) groups is 3. The minimum atomic E-state index is -0.451. The van der Waals surface area contributed by atoms with Gasteiger partial charge in [-0.2, -0.15) is 0 Å². The normalized spacial score (nSPS) is 10.1. The second kappa shape index (κ2) is 9.27. The molecule has 0 atom stereocenters. The first kappa shape index (κ1) is 19.8. The van der Waals surface area contributed by atoms with Crippen LogP contribution in [0.2, 0.25) is 0 Å². The van der Waals surface area contributed by atoms with Gasteiger partial charge in [0.25, 0.3) is 11.8 Å². The van der Waals surface area contributed by atoms with Gasteiger partial charge in [0, 0.05) is 35.8 Å². The van der Waals surface area contributed by atoms with Gasteiger partial charge in [-0.25, -0.2) is 4.79 Å². The van der Waals surface area contributed by atoms with E-state index in [1.54, 1.807) is 60.9 Å². The zero-order valence-corrected chi connectivity index (χ0v) is 15.7. The molecule has 7 nitrogen and oxygen atoms in total. The smallest absolute Gasteiger partial charge is 0.337 e. The minimum absolute atomic E-state index is 0.286. The number of nitrogens with one attached hydrogen (secondary N) is 2. The Bertz CT molecular complexity index is 1020. The molecule has 7 heteroatoms. The van der Waals surface area contributed by atoms with E-state index < -0.39 is 5.97 Å². The molecule has 0 bridgehead atoms. The SMILES string of the molecule is COC(=O)c1ccc(NC(=O)c2cccc(C(=O)NCc3cccnc3)c2)cc1. The van der Waals surface area contributed by atoms with Crippen LogP contribution < -0.4 is 10.6 Å². The van der Waals surface area contributed by atoms with Crippen molar-refractivity contribution in [3.8, 4) is 0 Å². The van der Waals surface area contributed by atoms with Crippen molar-refractivity contribution in [1.29, 1.82) is 0 Å². The Morgan fingerprint density at radius 2 is 1.62 bits per heavy atom. The summed E-state index contributed by atoms with van der Waals surface area (Å²) in [6.07, 6.45) is 3.34. The van der Waals surface area contributed by atoms with Crippen molar-refractivity contribution in [3.63, 3.8) is 0 Å². The van der Waals surface area contributed by atoms with E-state index in [1.807, 2.05) is 6.07 Å². The van der Waals surface area contributed by atoms with Crippen LogP contribution in [-0.2, 0) is 11.3 Å². The highest BCUT2D eigenvalue weighted by molar-refractivity contribution is 6.06. The molecule has 0 radical (unpaired) electrons. The van der Waals surface area contributed by atoms with Crippen LogP contribution in [0.3, 0.4) is 0 Å². The molecule has 146 valence electrons. The molecule has 0 aliphatic heterocycles. The van der Waals surface area contributed by atoms with Crippen molar-refractivity contribution >= 4 is 23.5 Å². The van der Waals surface area contributed by atoms with Gasteiger partial charge >= 0.3 is 5.97 Å². The zero-order chi connectivity index (χ0) is 20.6. The van der Waals surface area contributed by atoms with Crippen LogP contribution in [0.15, 0.2) is 73.1 Å². The van der Waals surface area contributed by atoms with Gasteiger partial charge in [0.1, 0.15) is 0 Å². The molecule has 2 N–H and O–H groups in total. The third-order valence-corrected chi connectivity index (χ3v) is 4.13. The summed E-state index contributed by atoms with van der Waals surface area (Å²) < 4.78 is 4.64. The Labute approximate surface area is 167 Å². The molecule has 3 rings (SSSR count). The average Bonchev–Trinajstić information content (AvgIpc) is 2.78. The van der Waals surface area contributed by atoms with E-state index >= 15 is 0 Å². The number of methoxy groups -OCH3 is 1. The van der Waals surface area contributed by atoms with Gasteiger partial charge < -0.3 is 15.4 Å². The lowest BCUT2D eigenvalue weighted by Crippen LogP contribution is -2.23. The van der Waals surface area contributed by atoms with Crippen molar-refractivity contribution in [2.24, 2.45) is 0 Å². The van der Waals surface area contributed by atoms with Crippen LogP contribution in [0.25, 0.3) is 0 Å². The lowest BCUT2D eigenvalue weighted by Gasteiger charge is -2.08. The van der Waals surface area contributed by atoms with Gasteiger partial charge in [-0.15, -0.1) is 0 Å². The summed E-state index contributed by atoms with van der Waals surface area (Å²) in [4.78, 5) is 40.3. The number of rotatable bonds is 6. The van der Waals surface area contributed by atoms with E-state index in [-0.39, 0.29) is 11.8 Å². The number of anilines is 1. The molecular weight excluding hydrogens is 370 g/mol. The predicted octanol–water partition coefficient (Wildman–Crippen LogP) is 3.05. The Morgan fingerprint density at radius 3 is 2.28 bits per heavy atom. The number of nitrogens with zero attached hydrogens (tertiary/aromatic N) is 1. The molecule has 0 aliphatic rings. The first-order valence-corrected chi connectivity index (χ1v) is 8.84. The second-order valence-corrected chi connectivity index (χ2v) is 6.15. The van der Waals surface area contributed by atoms with E-state index in [1.165, 1.54) is 13.2 Å². The first-order valence-electron chi connectivity index (χ1n) is 8.84. The van der Waals surface area contributed by atoms with Gasteiger partial charge in [0.15, 0.2) is 0 Å². The molecule has 29 heavy (non-hydrogen) atoms. The lowest BCUT2D eigenvalue weighted by molar-refractivity contribution is 0.0600. The number of hydrogen-bond donors (Lipinski definition) is 2. The molecule has 0 spiro atoms. The second-order valence-electron chi connectivity index (χ2n) is 6.15. The molecule has 0 saturated carbocycles. The molecule has 2 aromatic carbocycles. The minimum Gasteiger partial charge on any atom is -0.465 e. The maximum absolute atomic E-state index is 12.5. The van der Waals surface area contributed by atoms with Gasteiger partial charge in [-0.3, -0.25) is 14.6 Å². The number of benzene rings is 2. The highest BCUT2D eigenvalue weighted by Gasteiger charge is 2.11. The molecular formula is C22H19N3O4. The average molecular weight is 389 g/mol. The van der Waals surface area contributed by atoms with Gasteiger partial charge in [-0.05, 0) is 54.1 Å². The van der Waals surface area contributed by atoms with Gasteiger partial charge in [0.05, 0.1) is 12.7 Å². The summed E-state index contributed by atoms with van der Waals surface area (Å²) in [6, 6.07) is 16.4. The first-order chi connectivity index (χ1) is 14.1. The summed E-state index contributed by atoms with van der Waals surface area (Å²) in [6.45, 7) is 0.343. The highest BCUT2D eigenvalue weighted by atomic mass is 16.5. The quantitative estimate of drug-likeness (QED) is 0.632. The molecule has 0 aliphatic carbocycles. The van der Waals surface area contributed by atoms with Crippen LogP contribution in [0.5, 0.6) is 0 Å². The summed E-state index contributed by atoms with van der Waals surface area (Å²) in [5, 5.41) is 5.53. The predicted molar refractivity (Wildman–Crippen MR) is 108 cm³/mol. The number of aromatic nitrogens is 1. The maximum atomic E-state index is 12.5. The standard InChI is InChI=1S/C22H19N3O4/c1-29-22(28)16-7-9-19(10-8-16)25-21(27)18-6-2-5-17(12-18)20(26)24-14-15-4-3-11-23-13-15/h2-13H,14H2,1H3,(H,24,26)(H,25,27). The van der Waals surface area contributed by atoms with E-state index in [2.05, 4.69) is 20.4 Å². The van der Waals surface area contributed by atoms with Gasteiger partial charge in [0.2, 0.25) is 0 Å². The van der Waals surface area contributed by atoms with Crippen LogP contribution in [0.4, 0.5) is 5.69 Å². The summed E-state index contributed by atoms with van der Waals surface area (Å²) in [5.41, 5.74) is 2.51. The van der Waals surface area contributed by atoms with Crippen LogP contribution in [0, 0.1) is 0 Å². The number of ether oxygens (including phenoxy) is 1. The largest absolute Gasteiger partial charge is 0.465 e. The van der Waals surface area contributed by atoms with E-state index in [9.17, 15) is 14.4 Å². The molecule has 1 heterocycles. The molecule has 3 aromatic rings. The fraction of sp³-hybridized carbons (Fsp3) is 0.0909. The van der Waals surface area contributed by atoms with Crippen LogP contribution in [-0.4, -0.2) is 29.9 Å². The van der Waals surface area contributed by atoms with Crippen molar-refractivity contribution in [2.75, 3.05) is 12.4 Å². The number of amides is 2. The third kappa shape index (κ3) is 5.26. The molecule has 0 unspecified atom stereocenters. The van der Waals surface area contributed by atoms with Crippen LogP contribution in [0.1, 0.15) is 36.6 Å². The summed E-state index contributed by atoms with van der Waals surface area (Å²) >= 11 is 0. The Kier molecular flexibility index (Phi) is 6.32. The number of carbonyl (C=O) groups excluding carboxylic acids is 3. The topological polar surface area (TPSA) is 97.4 Å². The van der Waals surface area contributed by atoms with Crippen molar-refractivity contribution in [2.45, 2.75) is 6.54 Å². The summed E-state index contributed by atoms with van der Waals surface area (Å²) in [5.74, 6) is -1.10. The number of esters is 1. The molecule has 0 saturated heterocycles. The van der Waals surface area contributed by atoms with E-state index in [0.29, 0.717) is 28.9 Å². The zero-order valence-electron chi connectivity index (χ0n) is 15.7. The molecule has 2 amide bonds. The maximum Gasteiger partial charge on any atom is 0.337 e. The Hall–Kier alpha value is -4.00. The summed E-state index contributed by atoms with van der Waals surface area (Å²) in [7, 11) is 1.30. The number of hydrogen-bond acceptors (Lipinski definition) is 5. The highest BCUT2D eigenvalue weighted by Crippen LogP contribution is 2.13. The molecule has 1 aromatic heterocycles. The fourth-order valence-corrected chi connectivity index (χ4v) is 2.60. The van der Waals surface area contributed by atoms with Crippen molar-refractivity contribution < 1.29 is 19.1 Å². The van der Waals surface area contributed by atoms with Crippen LogP contribution >= 0.6 is 0 Å². The monoisotopic (exact) mass is 389 g/mol. The Balaban J connectivity index is 1.64. The van der Waals surface area contributed by atoms with Gasteiger partial charge in [-0.1, -0.05) is 12.1 Å².